The maximum atomic E-state index is 12.8. The number of amides is 1. The van der Waals surface area contributed by atoms with Crippen LogP contribution in [-0.2, 0) is 0 Å². The van der Waals surface area contributed by atoms with E-state index in [1.54, 1.807) is 4.90 Å². The van der Waals surface area contributed by atoms with Crippen molar-refractivity contribution in [3.05, 3.63) is 65.9 Å². The second kappa shape index (κ2) is 6.09. The number of piperidine rings is 1. The van der Waals surface area contributed by atoms with Gasteiger partial charge in [-0.3, -0.25) is 9.89 Å². The first-order chi connectivity index (χ1) is 11.7. The van der Waals surface area contributed by atoms with E-state index in [9.17, 15) is 9.90 Å². The SMILES string of the molecule is O=C(c1n[nH]c2ccccc12)N1CC[C@@H](c2ccccc2)[C@H](O)C1. The van der Waals surface area contributed by atoms with E-state index in [2.05, 4.69) is 10.2 Å². The number of nitrogens with one attached hydrogen (secondary N) is 1. The summed E-state index contributed by atoms with van der Waals surface area (Å²) in [5.41, 5.74) is 2.40. The Morgan fingerprint density at radius 3 is 2.67 bits per heavy atom. The van der Waals surface area contributed by atoms with Crippen LogP contribution in [0.3, 0.4) is 0 Å². The van der Waals surface area contributed by atoms with Crippen LogP contribution in [0.15, 0.2) is 54.6 Å². The summed E-state index contributed by atoms with van der Waals surface area (Å²) in [6.07, 6.45) is 0.189. The third kappa shape index (κ3) is 2.57. The van der Waals surface area contributed by atoms with Gasteiger partial charge in [-0.2, -0.15) is 5.10 Å². The van der Waals surface area contributed by atoms with Gasteiger partial charge in [-0.25, -0.2) is 0 Å². The molecule has 1 aliphatic heterocycles. The number of para-hydroxylation sites is 1. The fourth-order valence-electron chi connectivity index (χ4n) is 3.48. The maximum Gasteiger partial charge on any atom is 0.275 e. The average Bonchev–Trinajstić information content (AvgIpc) is 3.06. The number of benzene rings is 2. The van der Waals surface area contributed by atoms with Crippen molar-refractivity contribution >= 4 is 16.8 Å². The van der Waals surface area contributed by atoms with Gasteiger partial charge in [0, 0.05) is 24.4 Å². The Hall–Kier alpha value is -2.66. The molecule has 2 N–H and O–H groups in total. The summed E-state index contributed by atoms with van der Waals surface area (Å²) in [6.45, 7) is 0.955. The number of β-amino-alcohol motifs (C(OH)–C–C–N with tert-alkyl or cyclic N) is 1. The number of aliphatic hydroxyl groups is 1. The smallest absolute Gasteiger partial charge is 0.275 e. The van der Waals surface area contributed by atoms with Crippen molar-refractivity contribution in [2.24, 2.45) is 0 Å². The Morgan fingerprint density at radius 2 is 1.88 bits per heavy atom. The zero-order valence-electron chi connectivity index (χ0n) is 13.2. The first-order valence-corrected chi connectivity index (χ1v) is 8.19. The van der Waals surface area contributed by atoms with Crippen molar-refractivity contribution < 1.29 is 9.90 Å². The Balaban J connectivity index is 1.53. The van der Waals surface area contributed by atoms with Crippen LogP contribution in [0.25, 0.3) is 10.9 Å². The molecule has 3 aromatic rings. The summed E-state index contributed by atoms with van der Waals surface area (Å²) < 4.78 is 0. The molecule has 0 unspecified atom stereocenters. The number of H-pyrrole nitrogens is 1. The third-order valence-electron chi connectivity index (χ3n) is 4.77. The van der Waals surface area contributed by atoms with E-state index in [1.807, 2.05) is 54.6 Å². The number of nitrogens with zero attached hydrogens (tertiary/aromatic N) is 2. The predicted octanol–water partition coefficient (Wildman–Crippen LogP) is 2.55. The standard InChI is InChI=1S/C19H19N3O2/c23-17-12-22(11-10-14(17)13-6-2-1-3-7-13)19(24)18-15-8-4-5-9-16(15)20-21-18/h1-9,14,17,23H,10-12H2,(H,20,21)/t14-,17+/m0/s1. The van der Waals surface area contributed by atoms with E-state index in [4.69, 9.17) is 0 Å². The summed E-state index contributed by atoms with van der Waals surface area (Å²) in [4.78, 5) is 14.5. The van der Waals surface area contributed by atoms with Crippen LogP contribution in [0.1, 0.15) is 28.4 Å². The lowest BCUT2D eigenvalue weighted by Gasteiger charge is -2.36. The molecule has 122 valence electrons. The number of fused-ring (bicyclic) bond motifs is 1. The van der Waals surface area contributed by atoms with Crippen molar-refractivity contribution in [1.29, 1.82) is 0 Å². The van der Waals surface area contributed by atoms with Gasteiger partial charge in [0.05, 0.1) is 11.6 Å². The van der Waals surface area contributed by atoms with Crippen LogP contribution in [0, 0.1) is 0 Å². The zero-order valence-corrected chi connectivity index (χ0v) is 13.2. The van der Waals surface area contributed by atoms with Gasteiger partial charge in [0.25, 0.3) is 5.91 Å². The molecule has 1 fully saturated rings. The monoisotopic (exact) mass is 321 g/mol. The molecular weight excluding hydrogens is 302 g/mol. The van der Waals surface area contributed by atoms with E-state index < -0.39 is 6.10 Å². The molecule has 1 aliphatic rings. The normalized spacial score (nSPS) is 21.1. The molecule has 2 aromatic carbocycles. The van der Waals surface area contributed by atoms with Crippen LogP contribution in [0.5, 0.6) is 0 Å². The van der Waals surface area contributed by atoms with Gasteiger partial charge in [-0.1, -0.05) is 48.5 Å². The van der Waals surface area contributed by atoms with E-state index in [0.717, 1.165) is 22.9 Å². The zero-order chi connectivity index (χ0) is 16.5. The van der Waals surface area contributed by atoms with Crippen molar-refractivity contribution in [2.75, 3.05) is 13.1 Å². The van der Waals surface area contributed by atoms with E-state index in [-0.39, 0.29) is 11.8 Å². The fraction of sp³-hybridized carbons (Fsp3) is 0.263. The number of carbonyl (C=O) groups is 1. The van der Waals surface area contributed by atoms with Gasteiger partial charge >= 0.3 is 0 Å². The highest BCUT2D eigenvalue weighted by Gasteiger charge is 2.32. The molecule has 0 aliphatic carbocycles. The molecule has 0 spiro atoms. The number of hydrogen-bond acceptors (Lipinski definition) is 3. The molecule has 0 radical (unpaired) electrons. The summed E-state index contributed by atoms with van der Waals surface area (Å²) >= 11 is 0. The second-order valence-corrected chi connectivity index (χ2v) is 6.24. The number of aromatic amines is 1. The Morgan fingerprint density at radius 1 is 1.12 bits per heavy atom. The summed E-state index contributed by atoms with van der Waals surface area (Å²) in [5.74, 6) is -0.0517. The molecule has 1 aromatic heterocycles. The number of carbonyl (C=O) groups excluding carboxylic acids is 1. The lowest BCUT2D eigenvalue weighted by molar-refractivity contribution is 0.0379. The number of aromatic nitrogens is 2. The first-order valence-electron chi connectivity index (χ1n) is 8.19. The van der Waals surface area contributed by atoms with Crippen LogP contribution >= 0.6 is 0 Å². The highest BCUT2D eigenvalue weighted by atomic mass is 16.3. The molecule has 4 rings (SSSR count). The maximum absolute atomic E-state index is 12.8. The van der Waals surface area contributed by atoms with Crippen LogP contribution in [-0.4, -0.2) is 45.3 Å². The number of hydrogen-bond donors (Lipinski definition) is 2. The molecule has 0 saturated carbocycles. The van der Waals surface area contributed by atoms with Crippen LogP contribution < -0.4 is 0 Å². The van der Waals surface area contributed by atoms with Gasteiger partial charge in [-0.15, -0.1) is 0 Å². The van der Waals surface area contributed by atoms with Gasteiger partial charge in [0.2, 0.25) is 0 Å². The largest absolute Gasteiger partial charge is 0.391 e. The van der Waals surface area contributed by atoms with Crippen molar-refractivity contribution in [3.8, 4) is 0 Å². The Kier molecular flexibility index (Phi) is 3.78. The quantitative estimate of drug-likeness (QED) is 0.762. The van der Waals surface area contributed by atoms with Gasteiger partial charge in [0.1, 0.15) is 0 Å². The average molecular weight is 321 g/mol. The second-order valence-electron chi connectivity index (χ2n) is 6.24. The molecule has 2 atom stereocenters. The van der Waals surface area contributed by atoms with Gasteiger partial charge in [0.15, 0.2) is 5.69 Å². The molecular formula is C19H19N3O2. The first kappa shape index (κ1) is 14.9. The molecule has 1 saturated heterocycles. The van der Waals surface area contributed by atoms with E-state index in [0.29, 0.717) is 18.8 Å². The predicted molar refractivity (Wildman–Crippen MR) is 91.8 cm³/mol. The number of likely N-dealkylation sites (tertiary alicyclic amines) is 1. The molecule has 0 bridgehead atoms. The van der Waals surface area contributed by atoms with Crippen molar-refractivity contribution in [3.63, 3.8) is 0 Å². The fourth-order valence-corrected chi connectivity index (χ4v) is 3.48. The van der Waals surface area contributed by atoms with E-state index in [1.165, 1.54) is 0 Å². The minimum atomic E-state index is -0.560. The third-order valence-corrected chi connectivity index (χ3v) is 4.77. The highest BCUT2D eigenvalue weighted by molar-refractivity contribution is 6.04. The van der Waals surface area contributed by atoms with Crippen molar-refractivity contribution in [1.82, 2.24) is 15.1 Å². The minimum Gasteiger partial charge on any atom is -0.391 e. The molecule has 1 amide bonds. The van der Waals surface area contributed by atoms with Gasteiger partial charge < -0.3 is 10.0 Å². The molecule has 5 nitrogen and oxygen atoms in total. The minimum absolute atomic E-state index is 0.0752. The lowest BCUT2D eigenvalue weighted by atomic mass is 9.87. The number of rotatable bonds is 2. The molecule has 5 heteroatoms. The lowest BCUT2D eigenvalue weighted by Crippen LogP contribution is -2.45. The topological polar surface area (TPSA) is 69.2 Å². The van der Waals surface area contributed by atoms with E-state index >= 15 is 0 Å². The summed E-state index contributed by atoms with van der Waals surface area (Å²) in [6, 6.07) is 17.6. The summed E-state index contributed by atoms with van der Waals surface area (Å²) in [5, 5.41) is 18.4. The number of aliphatic hydroxyl groups excluding tert-OH is 1. The van der Waals surface area contributed by atoms with Crippen LogP contribution in [0.2, 0.25) is 0 Å². The Bertz CT molecular complexity index is 859. The highest BCUT2D eigenvalue weighted by Crippen LogP contribution is 2.29. The molecule has 2 heterocycles. The van der Waals surface area contributed by atoms with Crippen molar-refractivity contribution in [2.45, 2.75) is 18.4 Å². The molecule has 24 heavy (non-hydrogen) atoms. The summed E-state index contributed by atoms with van der Waals surface area (Å²) in [7, 11) is 0. The Labute approximate surface area is 139 Å². The van der Waals surface area contributed by atoms with Crippen LogP contribution in [0.4, 0.5) is 0 Å². The van der Waals surface area contributed by atoms with Gasteiger partial charge in [-0.05, 0) is 18.1 Å².